The van der Waals surface area contributed by atoms with Crippen LogP contribution in [0.2, 0.25) is 0 Å². The average Bonchev–Trinajstić information content (AvgIpc) is 2.33. The molecule has 0 amide bonds. The van der Waals surface area contributed by atoms with Crippen molar-refractivity contribution in [3.05, 3.63) is 35.4 Å². The molecule has 0 unspecified atom stereocenters. The predicted molar refractivity (Wildman–Crippen MR) is 61.4 cm³/mol. The van der Waals surface area contributed by atoms with E-state index in [1.807, 2.05) is 0 Å². The molecule has 0 radical (unpaired) electrons. The molecular weight excluding hydrogens is 224 g/mol. The number of benzene rings is 1. The normalized spacial score (nSPS) is 24.9. The van der Waals surface area contributed by atoms with Crippen molar-refractivity contribution in [1.82, 2.24) is 0 Å². The van der Waals surface area contributed by atoms with Crippen LogP contribution in [0.4, 0.5) is 8.78 Å². The smallest absolute Gasteiger partial charge is 0.164 e. The van der Waals surface area contributed by atoms with Crippen LogP contribution >= 0.6 is 0 Å². The lowest BCUT2D eigenvalue weighted by Gasteiger charge is -2.26. The van der Waals surface area contributed by atoms with E-state index in [4.69, 9.17) is 10.5 Å². The molecule has 0 aromatic heterocycles. The maximum absolute atomic E-state index is 13.3. The molecule has 0 heterocycles. The number of rotatable bonds is 3. The van der Waals surface area contributed by atoms with E-state index in [9.17, 15) is 8.78 Å². The lowest BCUT2D eigenvalue weighted by molar-refractivity contribution is 0.0123. The Balaban J connectivity index is 1.87. The highest BCUT2D eigenvalue weighted by atomic mass is 19.2. The Morgan fingerprint density at radius 1 is 1.18 bits per heavy atom. The first-order chi connectivity index (χ1) is 8.16. The van der Waals surface area contributed by atoms with Crippen molar-refractivity contribution in [3.63, 3.8) is 0 Å². The lowest BCUT2D eigenvalue weighted by Crippen LogP contribution is -2.30. The summed E-state index contributed by atoms with van der Waals surface area (Å²) in [5.74, 6) is -1.63. The van der Waals surface area contributed by atoms with Gasteiger partial charge in [0, 0.05) is 11.6 Å². The molecule has 0 aliphatic heterocycles. The zero-order valence-corrected chi connectivity index (χ0v) is 9.66. The summed E-state index contributed by atoms with van der Waals surface area (Å²) < 4.78 is 31.9. The minimum absolute atomic E-state index is 0.123. The highest BCUT2D eigenvalue weighted by Crippen LogP contribution is 2.21. The van der Waals surface area contributed by atoms with Gasteiger partial charge in [0.1, 0.15) is 0 Å². The maximum atomic E-state index is 13.3. The van der Waals surface area contributed by atoms with Gasteiger partial charge in [0.2, 0.25) is 0 Å². The summed E-state index contributed by atoms with van der Waals surface area (Å²) in [6.45, 7) is 0.128. The van der Waals surface area contributed by atoms with Crippen LogP contribution in [0.15, 0.2) is 18.2 Å². The van der Waals surface area contributed by atoms with Crippen molar-refractivity contribution in [3.8, 4) is 0 Å². The highest BCUT2D eigenvalue weighted by molar-refractivity contribution is 5.18. The summed E-state index contributed by atoms with van der Waals surface area (Å²) in [4.78, 5) is 0. The fraction of sp³-hybridized carbons (Fsp3) is 0.538. The van der Waals surface area contributed by atoms with E-state index in [0.29, 0.717) is 0 Å². The van der Waals surface area contributed by atoms with Gasteiger partial charge >= 0.3 is 0 Å². The number of hydrogen-bond donors (Lipinski definition) is 1. The molecule has 0 atom stereocenters. The van der Waals surface area contributed by atoms with E-state index in [1.165, 1.54) is 6.07 Å². The monoisotopic (exact) mass is 241 g/mol. The molecule has 2 rings (SSSR count). The van der Waals surface area contributed by atoms with Crippen LogP contribution in [0.3, 0.4) is 0 Å². The minimum atomic E-state index is -0.822. The summed E-state index contributed by atoms with van der Waals surface area (Å²) in [5, 5.41) is 0. The van der Waals surface area contributed by atoms with E-state index in [2.05, 4.69) is 0 Å². The summed E-state index contributed by atoms with van der Waals surface area (Å²) in [6, 6.07) is 4.42. The molecule has 1 fully saturated rings. The Morgan fingerprint density at radius 2 is 1.88 bits per heavy atom. The van der Waals surface area contributed by atoms with Gasteiger partial charge in [0.25, 0.3) is 0 Å². The maximum Gasteiger partial charge on any atom is 0.164 e. The lowest BCUT2D eigenvalue weighted by atomic mass is 9.94. The molecule has 94 valence electrons. The molecule has 1 aliphatic rings. The van der Waals surface area contributed by atoms with Gasteiger partial charge in [0.15, 0.2) is 11.6 Å². The molecule has 1 aliphatic carbocycles. The predicted octanol–water partition coefficient (Wildman–Crippen LogP) is 2.75. The van der Waals surface area contributed by atoms with Gasteiger partial charge in [0.05, 0.1) is 12.7 Å². The summed E-state index contributed by atoms with van der Waals surface area (Å²) >= 11 is 0. The van der Waals surface area contributed by atoms with Crippen LogP contribution in [0, 0.1) is 11.6 Å². The van der Waals surface area contributed by atoms with Gasteiger partial charge < -0.3 is 10.5 Å². The molecule has 0 bridgehead atoms. The molecule has 1 aromatic carbocycles. The molecule has 0 saturated heterocycles. The molecular formula is C13H17F2NO. The topological polar surface area (TPSA) is 35.2 Å². The van der Waals surface area contributed by atoms with E-state index >= 15 is 0 Å². The summed E-state index contributed by atoms with van der Waals surface area (Å²) in [6.07, 6.45) is 3.81. The summed E-state index contributed by atoms with van der Waals surface area (Å²) in [7, 11) is 0. The molecule has 1 saturated carbocycles. The Morgan fingerprint density at radius 3 is 2.59 bits per heavy atom. The molecule has 0 spiro atoms. The molecule has 1 aromatic rings. The second kappa shape index (κ2) is 5.56. The van der Waals surface area contributed by atoms with Gasteiger partial charge in [-0.15, -0.1) is 0 Å². The molecule has 2 N–H and O–H groups in total. The zero-order valence-electron chi connectivity index (χ0n) is 9.66. The fourth-order valence-electron chi connectivity index (χ4n) is 2.12. The Hall–Kier alpha value is -1.00. The standard InChI is InChI=1S/C13H17F2NO/c14-12-3-1-2-9(13(12)15)8-17-11-6-4-10(16)5-7-11/h1-3,10-11H,4-8,16H2. The number of nitrogens with two attached hydrogens (primary N) is 1. The van der Waals surface area contributed by atoms with Crippen LogP contribution in [0.5, 0.6) is 0 Å². The van der Waals surface area contributed by atoms with Crippen molar-refractivity contribution in [2.45, 2.75) is 44.4 Å². The average molecular weight is 241 g/mol. The van der Waals surface area contributed by atoms with Gasteiger partial charge in [-0.3, -0.25) is 0 Å². The quantitative estimate of drug-likeness (QED) is 0.883. The van der Waals surface area contributed by atoms with Crippen molar-refractivity contribution in [2.24, 2.45) is 5.73 Å². The third-order valence-electron chi connectivity index (χ3n) is 3.22. The third kappa shape index (κ3) is 3.23. The van der Waals surface area contributed by atoms with Crippen molar-refractivity contribution in [1.29, 1.82) is 0 Å². The van der Waals surface area contributed by atoms with E-state index < -0.39 is 11.6 Å². The second-order valence-corrected chi connectivity index (χ2v) is 4.56. The van der Waals surface area contributed by atoms with E-state index in [-0.39, 0.29) is 24.3 Å². The first kappa shape index (κ1) is 12.5. The van der Waals surface area contributed by atoms with Crippen LogP contribution < -0.4 is 5.73 Å². The van der Waals surface area contributed by atoms with Gasteiger partial charge in [-0.2, -0.15) is 0 Å². The first-order valence-corrected chi connectivity index (χ1v) is 5.97. The molecule has 17 heavy (non-hydrogen) atoms. The zero-order chi connectivity index (χ0) is 12.3. The van der Waals surface area contributed by atoms with E-state index in [0.717, 1.165) is 31.7 Å². The Labute approximate surface area is 99.8 Å². The van der Waals surface area contributed by atoms with Gasteiger partial charge in [-0.25, -0.2) is 8.78 Å². The van der Waals surface area contributed by atoms with Crippen molar-refractivity contribution < 1.29 is 13.5 Å². The Kier molecular flexibility index (Phi) is 4.07. The molecule has 2 nitrogen and oxygen atoms in total. The number of hydrogen-bond acceptors (Lipinski definition) is 2. The van der Waals surface area contributed by atoms with Crippen LogP contribution in [-0.4, -0.2) is 12.1 Å². The highest BCUT2D eigenvalue weighted by Gasteiger charge is 2.19. The summed E-state index contributed by atoms with van der Waals surface area (Å²) in [5.41, 5.74) is 6.06. The van der Waals surface area contributed by atoms with Crippen LogP contribution in [-0.2, 0) is 11.3 Å². The van der Waals surface area contributed by atoms with Crippen molar-refractivity contribution >= 4 is 0 Å². The number of ether oxygens (including phenoxy) is 1. The molecule has 4 heteroatoms. The third-order valence-corrected chi connectivity index (χ3v) is 3.22. The second-order valence-electron chi connectivity index (χ2n) is 4.56. The minimum Gasteiger partial charge on any atom is -0.373 e. The fourth-order valence-corrected chi connectivity index (χ4v) is 2.12. The SMILES string of the molecule is NC1CCC(OCc2cccc(F)c2F)CC1. The largest absolute Gasteiger partial charge is 0.373 e. The van der Waals surface area contributed by atoms with Gasteiger partial charge in [-0.1, -0.05) is 12.1 Å². The van der Waals surface area contributed by atoms with Crippen LogP contribution in [0.25, 0.3) is 0 Å². The van der Waals surface area contributed by atoms with Crippen LogP contribution in [0.1, 0.15) is 31.2 Å². The number of halogens is 2. The Bertz CT molecular complexity index is 376. The first-order valence-electron chi connectivity index (χ1n) is 5.97. The van der Waals surface area contributed by atoms with Crippen molar-refractivity contribution in [2.75, 3.05) is 0 Å². The van der Waals surface area contributed by atoms with E-state index in [1.54, 1.807) is 6.07 Å². The van der Waals surface area contributed by atoms with Gasteiger partial charge in [-0.05, 0) is 31.7 Å².